The van der Waals surface area contributed by atoms with Crippen LogP contribution >= 0.6 is 0 Å². The predicted molar refractivity (Wildman–Crippen MR) is 174 cm³/mol. The zero-order valence-corrected chi connectivity index (χ0v) is 26.2. The zero-order valence-electron chi connectivity index (χ0n) is 26.2. The van der Waals surface area contributed by atoms with Crippen LogP contribution in [-0.4, -0.2) is 29.6 Å². The summed E-state index contributed by atoms with van der Waals surface area (Å²) in [4.78, 5) is 46.3. The molecule has 222 valence electrons. The van der Waals surface area contributed by atoms with Crippen molar-refractivity contribution in [3.8, 4) is 0 Å². The van der Waals surface area contributed by atoms with Crippen LogP contribution in [-0.2, 0) is 21.4 Å². The molecule has 43 heavy (non-hydrogen) atoms. The molecule has 0 bridgehead atoms. The summed E-state index contributed by atoms with van der Waals surface area (Å²) in [5.74, 6) is -1.35. The normalized spacial score (nSPS) is 23.9. The van der Waals surface area contributed by atoms with Crippen LogP contribution in [0, 0.1) is 18.3 Å². The van der Waals surface area contributed by atoms with Gasteiger partial charge in [0.25, 0.3) is 0 Å². The van der Waals surface area contributed by atoms with E-state index in [9.17, 15) is 14.4 Å². The van der Waals surface area contributed by atoms with Gasteiger partial charge in [0.1, 0.15) is 11.5 Å². The fraction of sp³-hybridized carbons (Fsp3) is 0.395. The maximum atomic E-state index is 15.0. The number of hydrogen-bond acceptors (Lipinski definition) is 4. The number of benzene rings is 3. The molecule has 0 aromatic heterocycles. The first-order chi connectivity index (χ1) is 20.5. The monoisotopic (exact) mass is 574 g/mol. The van der Waals surface area contributed by atoms with Crippen LogP contribution < -0.4 is 10.2 Å². The van der Waals surface area contributed by atoms with Crippen LogP contribution in [0.15, 0.2) is 72.8 Å². The number of rotatable bonds is 7. The molecule has 1 amide bonds. The van der Waals surface area contributed by atoms with Crippen molar-refractivity contribution in [2.75, 3.05) is 10.2 Å². The van der Waals surface area contributed by atoms with Gasteiger partial charge in [-0.05, 0) is 61.6 Å². The van der Waals surface area contributed by atoms with E-state index in [1.807, 2.05) is 69.3 Å². The minimum absolute atomic E-state index is 0.0411. The number of nitrogens with one attached hydrogen (secondary N) is 1. The smallest absolute Gasteiger partial charge is 0.238 e. The number of fused-ring (bicyclic) bond motifs is 6. The van der Waals surface area contributed by atoms with Gasteiger partial charge in [-0.25, -0.2) is 0 Å². The standard InChI is InChI=1S/C38H42N2O3/c1-7-8-9-12-25-16-18-26(19-17-25)34(41)32-33(35(42)37(4,5)6)40-30-20-15-23(2)21-27(30)24(3)22-31(40)38(32)28-13-10-11-14-29(28)39-36(38)43/h10-11,13-22,31-33H,7-9,12H2,1-6H3,(H,39,43)/t31-,32+,33-,38+/m1/s1. The second-order valence-corrected chi connectivity index (χ2v) is 13.6. The number of ketones is 2. The minimum Gasteiger partial charge on any atom is -0.352 e. The molecule has 3 heterocycles. The number of amides is 1. The molecule has 4 atom stereocenters. The number of hydrogen-bond donors (Lipinski definition) is 1. The topological polar surface area (TPSA) is 66.5 Å². The van der Waals surface area contributed by atoms with E-state index in [-0.39, 0.29) is 17.5 Å². The van der Waals surface area contributed by atoms with Crippen molar-refractivity contribution < 1.29 is 14.4 Å². The molecule has 0 saturated carbocycles. The molecule has 3 aromatic rings. The molecule has 3 aromatic carbocycles. The fourth-order valence-corrected chi connectivity index (χ4v) is 7.58. The molecule has 1 spiro atoms. The summed E-state index contributed by atoms with van der Waals surface area (Å²) in [7, 11) is 0. The summed E-state index contributed by atoms with van der Waals surface area (Å²) in [6.07, 6.45) is 6.52. The van der Waals surface area contributed by atoms with E-state index < -0.39 is 28.8 Å². The lowest BCUT2D eigenvalue weighted by Gasteiger charge is -2.40. The van der Waals surface area contributed by atoms with Crippen LogP contribution in [0.25, 0.3) is 5.57 Å². The van der Waals surface area contributed by atoms with Crippen LogP contribution in [0.5, 0.6) is 0 Å². The third kappa shape index (κ3) is 4.47. The lowest BCUT2D eigenvalue weighted by atomic mass is 9.63. The van der Waals surface area contributed by atoms with E-state index in [4.69, 9.17) is 0 Å². The Morgan fingerprint density at radius 3 is 2.37 bits per heavy atom. The Balaban J connectivity index is 1.59. The molecule has 1 fully saturated rings. The average Bonchev–Trinajstić information content (AvgIpc) is 3.44. The molecule has 1 saturated heterocycles. The van der Waals surface area contributed by atoms with E-state index in [1.165, 1.54) is 12.0 Å². The van der Waals surface area contributed by atoms with E-state index >= 15 is 0 Å². The second-order valence-electron chi connectivity index (χ2n) is 13.6. The molecule has 0 aliphatic carbocycles. The van der Waals surface area contributed by atoms with Gasteiger partial charge < -0.3 is 10.2 Å². The van der Waals surface area contributed by atoms with Crippen molar-refractivity contribution in [2.45, 2.75) is 84.7 Å². The third-order valence-electron chi connectivity index (χ3n) is 9.73. The highest BCUT2D eigenvalue weighted by Gasteiger charge is 2.71. The Bertz CT molecular complexity index is 1640. The van der Waals surface area contributed by atoms with Crippen LogP contribution in [0.4, 0.5) is 11.4 Å². The Morgan fingerprint density at radius 1 is 0.953 bits per heavy atom. The molecule has 0 radical (unpaired) electrons. The Hall–Kier alpha value is -3.99. The number of anilines is 2. The quantitative estimate of drug-likeness (QED) is 0.232. The molecule has 0 unspecified atom stereocenters. The molecule has 5 heteroatoms. The first kappa shape index (κ1) is 29.1. The number of unbranched alkanes of at least 4 members (excludes halogenated alkanes) is 2. The first-order valence-corrected chi connectivity index (χ1v) is 15.7. The summed E-state index contributed by atoms with van der Waals surface area (Å²) in [5.41, 5.74) is 5.31. The molecule has 6 rings (SSSR count). The van der Waals surface area contributed by atoms with Crippen molar-refractivity contribution in [2.24, 2.45) is 11.3 Å². The van der Waals surface area contributed by atoms with Crippen molar-refractivity contribution in [3.63, 3.8) is 0 Å². The van der Waals surface area contributed by atoms with Gasteiger partial charge >= 0.3 is 0 Å². The van der Waals surface area contributed by atoms with Gasteiger partial charge in [0.2, 0.25) is 5.91 Å². The van der Waals surface area contributed by atoms with Crippen LogP contribution in [0.1, 0.15) is 86.5 Å². The summed E-state index contributed by atoms with van der Waals surface area (Å²) >= 11 is 0. The number of Topliss-reactive ketones (excluding diaryl/α,β-unsaturated/α-hetero) is 2. The number of carbonyl (C=O) groups excluding carboxylic acids is 3. The fourth-order valence-electron chi connectivity index (χ4n) is 7.58. The van der Waals surface area contributed by atoms with Gasteiger partial charge in [-0.3, -0.25) is 14.4 Å². The summed E-state index contributed by atoms with van der Waals surface area (Å²) in [6, 6.07) is 20.4. The van der Waals surface area contributed by atoms with Gasteiger partial charge in [0.05, 0.1) is 12.0 Å². The van der Waals surface area contributed by atoms with Crippen LogP contribution in [0.3, 0.4) is 0 Å². The highest BCUT2D eigenvalue weighted by Crippen LogP contribution is 2.59. The van der Waals surface area contributed by atoms with Gasteiger partial charge in [-0.1, -0.05) is 101 Å². The second kappa shape index (κ2) is 10.6. The molecule has 3 aliphatic heterocycles. The van der Waals surface area contributed by atoms with Crippen molar-refractivity contribution in [3.05, 3.63) is 101 Å². The average molecular weight is 575 g/mol. The summed E-state index contributed by atoms with van der Waals surface area (Å²) in [5, 5.41) is 3.13. The third-order valence-corrected chi connectivity index (χ3v) is 9.73. The van der Waals surface area contributed by atoms with E-state index in [0.29, 0.717) is 11.3 Å². The first-order valence-electron chi connectivity index (χ1n) is 15.7. The van der Waals surface area contributed by atoms with E-state index in [1.54, 1.807) is 0 Å². The highest BCUT2D eigenvalue weighted by molar-refractivity contribution is 6.17. The predicted octanol–water partition coefficient (Wildman–Crippen LogP) is 7.71. The van der Waals surface area contributed by atoms with Gasteiger partial charge in [0, 0.05) is 27.9 Å². The largest absolute Gasteiger partial charge is 0.352 e. The van der Waals surface area contributed by atoms with Crippen molar-refractivity contribution in [1.82, 2.24) is 0 Å². The number of allylic oxidation sites excluding steroid dienone is 1. The Morgan fingerprint density at radius 2 is 1.67 bits per heavy atom. The zero-order chi connectivity index (χ0) is 30.7. The van der Waals surface area contributed by atoms with E-state index in [0.717, 1.165) is 47.2 Å². The van der Waals surface area contributed by atoms with E-state index in [2.05, 4.69) is 55.3 Å². The number of nitrogens with zero attached hydrogens (tertiary/aromatic N) is 1. The highest BCUT2D eigenvalue weighted by atomic mass is 16.2. The number of aryl methyl sites for hydroxylation is 2. The number of carbonyl (C=O) groups is 3. The maximum absolute atomic E-state index is 15.0. The molecule has 5 nitrogen and oxygen atoms in total. The molecular weight excluding hydrogens is 532 g/mol. The molecular formula is C38H42N2O3. The van der Waals surface area contributed by atoms with Crippen molar-refractivity contribution in [1.29, 1.82) is 0 Å². The van der Waals surface area contributed by atoms with Gasteiger partial charge in [-0.15, -0.1) is 0 Å². The Kier molecular flexibility index (Phi) is 7.19. The SMILES string of the molecule is CCCCCc1ccc(C(=O)[C@@H]2[C@H](C(=O)C(C)(C)C)N3c4ccc(C)cc4C(C)=C[C@@H]3[C@]23C(=O)Nc2ccccc23)cc1. The van der Waals surface area contributed by atoms with Gasteiger partial charge in [0.15, 0.2) is 11.6 Å². The lowest BCUT2D eigenvalue weighted by Crippen LogP contribution is -2.51. The van der Waals surface area contributed by atoms with Crippen molar-refractivity contribution >= 4 is 34.4 Å². The summed E-state index contributed by atoms with van der Waals surface area (Å²) in [6.45, 7) is 12.0. The maximum Gasteiger partial charge on any atom is 0.238 e. The van der Waals surface area contributed by atoms with Gasteiger partial charge in [-0.2, -0.15) is 0 Å². The summed E-state index contributed by atoms with van der Waals surface area (Å²) < 4.78 is 0. The molecule has 1 N–H and O–H groups in total. The van der Waals surface area contributed by atoms with Crippen LogP contribution in [0.2, 0.25) is 0 Å². The number of para-hydroxylation sites is 1. The minimum atomic E-state index is -1.27. The Labute approximate surface area is 255 Å². The lowest BCUT2D eigenvalue weighted by molar-refractivity contribution is -0.128. The molecule has 3 aliphatic rings.